The van der Waals surface area contributed by atoms with Crippen LogP contribution in [0.25, 0.3) is 17.1 Å². The molecular formula is C28H21ClF6N6O5S. The summed E-state index contributed by atoms with van der Waals surface area (Å²) in [6.45, 7) is -1.63. The first-order valence-electron chi connectivity index (χ1n) is 13.2. The smallest absolute Gasteiger partial charge is 0.482 e. The third-order valence-electron chi connectivity index (χ3n) is 6.02. The van der Waals surface area contributed by atoms with Gasteiger partial charge in [0.05, 0.1) is 23.7 Å². The third kappa shape index (κ3) is 9.35. The summed E-state index contributed by atoms with van der Waals surface area (Å²) in [6.07, 6.45) is -9.68. The molecule has 19 heteroatoms. The van der Waals surface area contributed by atoms with E-state index in [0.717, 1.165) is 28.8 Å². The SMILES string of the molecule is O=C1CSC(=NC(O)NOCc2ccc(-c3ncn(-c4ccc(OC(F)(F)F)cc4)n3)cc2)N1c1cc(Cl)ccc1OCC(F)(F)F. The molecule has 248 valence electrons. The lowest BCUT2D eigenvalue weighted by Crippen LogP contribution is -2.34. The Hall–Kier alpha value is -4.36. The van der Waals surface area contributed by atoms with E-state index in [1.807, 2.05) is 0 Å². The largest absolute Gasteiger partial charge is 0.573 e. The van der Waals surface area contributed by atoms with Crippen molar-refractivity contribution >= 4 is 40.1 Å². The average molecular weight is 703 g/mol. The maximum Gasteiger partial charge on any atom is 0.573 e. The molecule has 0 radical (unpaired) electrons. The maximum atomic E-state index is 12.7. The van der Waals surface area contributed by atoms with E-state index in [1.165, 1.54) is 41.3 Å². The minimum Gasteiger partial charge on any atom is -0.482 e. The van der Waals surface area contributed by atoms with Gasteiger partial charge >= 0.3 is 12.5 Å². The number of nitrogens with zero attached hydrogens (tertiary/aromatic N) is 5. The predicted octanol–water partition coefficient (Wildman–Crippen LogP) is 5.86. The van der Waals surface area contributed by atoms with Crippen molar-refractivity contribution in [3.05, 3.63) is 83.6 Å². The minimum atomic E-state index is -4.80. The number of halogens is 7. The lowest BCUT2D eigenvalue weighted by Gasteiger charge is -2.21. The Morgan fingerprint density at radius 3 is 2.45 bits per heavy atom. The number of aliphatic hydroxyl groups excluding tert-OH is 1. The molecule has 47 heavy (non-hydrogen) atoms. The van der Waals surface area contributed by atoms with Crippen molar-refractivity contribution in [2.45, 2.75) is 25.5 Å². The zero-order valence-corrected chi connectivity index (χ0v) is 25.1. The molecule has 1 fully saturated rings. The molecule has 4 aromatic rings. The Labute approximate surface area is 270 Å². The number of nitrogens with one attached hydrogen (secondary N) is 1. The van der Waals surface area contributed by atoms with E-state index < -0.39 is 31.4 Å². The summed E-state index contributed by atoms with van der Waals surface area (Å²) in [4.78, 5) is 27.2. The van der Waals surface area contributed by atoms with Gasteiger partial charge in [-0.05, 0) is 48.0 Å². The molecule has 1 saturated heterocycles. The molecule has 1 aliphatic heterocycles. The highest BCUT2D eigenvalue weighted by Gasteiger charge is 2.34. The Morgan fingerprint density at radius 2 is 1.77 bits per heavy atom. The van der Waals surface area contributed by atoms with Gasteiger partial charge < -0.3 is 14.6 Å². The number of hydrogen-bond acceptors (Lipinski definition) is 10. The summed E-state index contributed by atoms with van der Waals surface area (Å²) in [5, 5.41) is 14.8. The molecule has 0 aliphatic carbocycles. The highest BCUT2D eigenvalue weighted by molar-refractivity contribution is 8.15. The number of hydrogen-bond donors (Lipinski definition) is 2. The normalized spacial score (nSPS) is 15.4. The summed E-state index contributed by atoms with van der Waals surface area (Å²) in [5.41, 5.74) is 4.00. The summed E-state index contributed by atoms with van der Waals surface area (Å²) in [6, 6.07) is 15.7. The van der Waals surface area contributed by atoms with E-state index in [4.69, 9.17) is 21.2 Å². The van der Waals surface area contributed by atoms with Crippen LogP contribution in [0, 0.1) is 0 Å². The van der Waals surface area contributed by atoms with Gasteiger partial charge in [0, 0.05) is 10.6 Å². The number of alkyl halides is 6. The minimum absolute atomic E-state index is 0.0281. The first-order chi connectivity index (χ1) is 22.2. The summed E-state index contributed by atoms with van der Waals surface area (Å²) >= 11 is 6.96. The van der Waals surface area contributed by atoms with Gasteiger partial charge in [-0.2, -0.15) is 18.7 Å². The molecule has 2 heterocycles. The van der Waals surface area contributed by atoms with E-state index in [-0.39, 0.29) is 39.7 Å². The van der Waals surface area contributed by atoms with Crippen molar-refractivity contribution < 1.29 is 50.6 Å². The van der Waals surface area contributed by atoms with Gasteiger partial charge in [0.2, 0.25) is 12.3 Å². The zero-order chi connectivity index (χ0) is 33.8. The third-order valence-corrected chi connectivity index (χ3v) is 7.19. The number of aliphatic imine (C=N–C) groups is 1. The van der Waals surface area contributed by atoms with Crippen molar-refractivity contribution in [1.29, 1.82) is 0 Å². The fourth-order valence-corrected chi connectivity index (χ4v) is 5.09. The van der Waals surface area contributed by atoms with Crippen molar-refractivity contribution in [2.24, 2.45) is 4.99 Å². The van der Waals surface area contributed by atoms with Crippen molar-refractivity contribution in [1.82, 2.24) is 20.2 Å². The van der Waals surface area contributed by atoms with Gasteiger partial charge in [-0.1, -0.05) is 47.6 Å². The summed E-state index contributed by atoms with van der Waals surface area (Å²) < 4.78 is 85.5. The number of hydroxylamine groups is 1. The summed E-state index contributed by atoms with van der Waals surface area (Å²) in [7, 11) is 0. The molecule has 0 bridgehead atoms. The molecule has 1 unspecified atom stereocenters. The number of amidine groups is 1. The monoisotopic (exact) mass is 702 g/mol. The number of carbonyl (C=O) groups excluding carboxylic acids is 1. The first kappa shape index (κ1) is 34.0. The van der Waals surface area contributed by atoms with Gasteiger partial charge in [0.25, 0.3) is 0 Å². The molecule has 1 amide bonds. The number of amides is 1. The molecular weight excluding hydrogens is 682 g/mol. The second kappa shape index (κ2) is 14.2. The molecule has 0 spiro atoms. The number of ether oxygens (including phenoxy) is 2. The number of aromatic nitrogens is 3. The standard InChI is InChI=1S/C28H21ClF6N6O5S/c29-18-5-10-22(44-14-27(30,31)32)21(11-18)41-23(42)13-47-26(41)37-25(43)39-45-12-16-1-3-17(4-2-16)24-36-15-40(38-24)19-6-8-20(9-7-19)46-28(33,34)35/h1-11,15,25,39,43H,12-14H2. The number of carbonyl (C=O) groups is 1. The van der Waals surface area contributed by atoms with Crippen molar-refractivity contribution in [2.75, 3.05) is 17.3 Å². The van der Waals surface area contributed by atoms with Gasteiger partial charge in [0.15, 0.2) is 17.6 Å². The van der Waals surface area contributed by atoms with Crippen LogP contribution in [0.4, 0.5) is 32.0 Å². The Kier molecular flexibility index (Phi) is 10.3. The van der Waals surface area contributed by atoms with E-state index in [9.17, 15) is 36.2 Å². The quantitative estimate of drug-likeness (QED) is 0.112. The first-order valence-corrected chi connectivity index (χ1v) is 14.6. The molecule has 1 aliphatic rings. The molecule has 2 N–H and O–H groups in total. The van der Waals surface area contributed by atoms with Crippen LogP contribution in [-0.2, 0) is 16.2 Å². The molecule has 1 aromatic heterocycles. The molecule has 3 aromatic carbocycles. The van der Waals surface area contributed by atoms with E-state index in [1.54, 1.807) is 24.3 Å². The van der Waals surface area contributed by atoms with Crippen LogP contribution >= 0.6 is 23.4 Å². The lowest BCUT2D eigenvalue weighted by atomic mass is 10.1. The number of thioether (sulfide) groups is 1. The molecule has 5 rings (SSSR count). The Bertz CT molecular complexity index is 1740. The highest BCUT2D eigenvalue weighted by Crippen LogP contribution is 2.37. The van der Waals surface area contributed by atoms with Crippen LogP contribution in [0.5, 0.6) is 11.5 Å². The van der Waals surface area contributed by atoms with Crippen molar-refractivity contribution in [3.8, 4) is 28.6 Å². The van der Waals surface area contributed by atoms with Gasteiger partial charge in [-0.3, -0.25) is 14.5 Å². The van der Waals surface area contributed by atoms with Crippen LogP contribution in [0.3, 0.4) is 0 Å². The average Bonchev–Trinajstić information content (AvgIpc) is 3.63. The van der Waals surface area contributed by atoms with Crippen LogP contribution in [0.2, 0.25) is 5.02 Å². The number of aliphatic hydroxyl groups is 1. The Morgan fingerprint density at radius 1 is 1.04 bits per heavy atom. The van der Waals surface area contributed by atoms with Gasteiger partial charge in [-0.15, -0.1) is 18.3 Å². The van der Waals surface area contributed by atoms with E-state index >= 15 is 0 Å². The van der Waals surface area contributed by atoms with Crippen LogP contribution < -0.4 is 19.9 Å². The van der Waals surface area contributed by atoms with Gasteiger partial charge in [-0.25, -0.2) is 14.7 Å². The second-order valence-electron chi connectivity index (χ2n) is 9.48. The van der Waals surface area contributed by atoms with E-state index in [2.05, 4.69) is 25.3 Å². The zero-order valence-electron chi connectivity index (χ0n) is 23.5. The molecule has 1 atom stereocenters. The number of benzene rings is 3. The molecule has 0 saturated carbocycles. The van der Waals surface area contributed by atoms with Crippen LogP contribution in [0.1, 0.15) is 5.56 Å². The van der Waals surface area contributed by atoms with Crippen LogP contribution in [-0.4, -0.2) is 62.2 Å². The fourth-order valence-electron chi connectivity index (χ4n) is 4.04. The second-order valence-corrected chi connectivity index (χ2v) is 10.9. The fraction of sp³-hybridized carbons (Fsp3) is 0.214. The number of rotatable bonds is 11. The summed E-state index contributed by atoms with van der Waals surface area (Å²) in [5.74, 6) is -0.896. The lowest BCUT2D eigenvalue weighted by molar-refractivity contribution is -0.274. The predicted molar refractivity (Wildman–Crippen MR) is 158 cm³/mol. The molecule has 11 nitrogen and oxygen atoms in total. The topological polar surface area (TPSA) is 123 Å². The van der Waals surface area contributed by atoms with E-state index in [0.29, 0.717) is 22.6 Å². The van der Waals surface area contributed by atoms with Crippen LogP contribution in [0.15, 0.2) is 78.0 Å². The van der Waals surface area contributed by atoms with Gasteiger partial charge in [0.1, 0.15) is 17.8 Å². The van der Waals surface area contributed by atoms with Crippen molar-refractivity contribution in [3.63, 3.8) is 0 Å². The highest BCUT2D eigenvalue weighted by atomic mass is 35.5. The maximum absolute atomic E-state index is 12.7. The Balaban J connectivity index is 1.17. The number of anilines is 1.